The largest absolute Gasteiger partial charge is 0.496 e. The minimum absolute atomic E-state index is 0.153. The first kappa shape index (κ1) is 16.3. The molecule has 2 atom stereocenters. The fourth-order valence-corrected chi connectivity index (χ4v) is 5.39. The lowest BCUT2D eigenvalue weighted by atomic mass is 9.94. The van der Waals surface area contributed by atoms with Crippen LogP contribution in [0.4, 0.5) is 0 Å². The van der Waals surface area contributed by atoms with Crippen LogP contribution in [0.15, 0.2) is 12.1 Å². The first-order valence-electron chi connectivity index (χ1n) is 7.44. The van der Waals surface area contributed by atoms with Crippen LogP contribution in [0.5, 0.6) is 5.75 Å². The first-order valence-corrected chi connectivity index (χ1v) is 9.16. The van der Waals surface area contributed by atoms with E-state index in [9.17, 15) is 8.42 Å². The van der Waals surface area contributed by atoms with E-state index in [2.05, 4.69) is 11.4 Å². The molecule has 0 spiro atoms. The molecule has 0 aromatic heterocycles. The van der Waals surface area contributed by atoms with Gasteiger partial charge in [-0.1, -0.05) is 12.5 Å². The number of nitrogens with one attached hydrogen (secondary N) is 1. The molecule has 1 aliphatic heterocycles. The maximum absolute atomic E-state index is 12.4. The van der Waals surface area contributed by atoms with Gasteiger partial charge in [-0.3, -0.25) is 0 Å². The number of aryl methyl sites for hydroxylation is 2. The number of hydrogen-bond acceptors (Lipinski definition) is 4. The summed E-state index contributed by atoms with van der Waals surface area (Å²) >= 11 is 0. The SMILES string of the molecule is CNC(c1cc(C)c(OC)cc1C)C1CCCCS1(=O)=O. The minimum Gasteiger partial charge on any atom is -0.496 e. The second kappa shape index (κ2) is 6.36. The molecular weight excluding hydrogens is 286 g/mol. The molecule has 0 radical (unpaired) electrons. The van der Waals surface area contributed by atoms with Crippen molar-refractivity contribution in [2.75, 3.05) is 19.9 Å². The highest BCUT2D eigenvalue weighted by Gasteiger charge is 2.36. The van der Waals surface area contributed by atoms with Crippen LogP contribution >= 0.6 is 0 Å². The maximum atomic E-state index is 12.4. The van der Waals surface area contributed by atoms with Crippen molar-refractivity contribution in [1.29, 1.82) is 0 Å². The second-order valence-corrected chi connectivity index (χ2v) is 8.19. The van der Waals surface area contributed by atoms with Crippen LogP contribution in [-0.4, -0.2) is 33.6 Å². The van der Waals surface area contributed by atoms with Gasteiger partial charge in [0.2, 0.25) is 0 Å². The van der Waals surface area contributed by atoms with Crippen molar-refractivity contribution >= 4 is 9.84 Å². The summed E-state index contributed by atoms with van der Waals surface area (Å²) in [5, 5.41) is 2.90. The van der Waals surface area contributed by atoms with E-state index in [-0.39, 0.29) is 11.3 Å². The fourth-order valence-electron chi connectivity index (χ4n) is 3.26. The van der Waals surface area contributed by atoms with E-state index in [4.69, 9.17) is 4.74 Å². The van der Waals surface area contributed by atoms with Gasteiger partial charge in [-0.05, 0) is 56.5 Å². The molecule has 1 N–H and O–H groups in total. The van der Waals surface area contributed by atoms with Crippen LogP contribution in [0.25, 0.3) is 0 Å². The number of sulfone groups is 1. The quantitative estimate of drug-likeness (QED) is 0.928. The molecule has 1 fully saturated rings. The zero-order valence-corrected chi connectivity index (χ0v) is 14.1. The molecule has 0 saturated carbocycles. The minimum atomic E-state index is -3.02. The van der Waals surface area contributed by atoms with Crippen molar-refractivity contribution in [3.05, 3.63) is 28.8 Å². The molecule has 1 aromatic rings. The van der Waals surface area contributed by atoms with Crippen molar-refractivity contribution in [3.63, 3.8) is 0 Å². The van der Waals surface area contributed by atoms with Gasteiger partial charge in [0, 0.05) is 6.04 Å². The van der Waals surface area contributed by atoms with E-state index in [1.807, 2.05) is 27.0 Å². The van der Waals surface area contributed by atoms with E-state index in [1.165, 1.54) is 0 Å². The molecule has 0 amide bonds. The lowest BCUT2D eigenvalue weighted by Crippen LogP contribution is -2.39. The Morgan fingerprint density at radius 2 is 1.95 bits per heavy atom. The topological polar surface area (TPSA) is 55.4 Å². The van der Waals surface area contributed by atoms with Gasteiger partial charge in [-0.2, -0.15) is 0 Å². The molecule has 0 bridgehead atoms. The standard InChI is InChI=1S/C16H25NO3S/c1-11-10-14(20-4)12(2)9-13(11)16(17-3)15-7-5-6-8-21(15,18)19/h9-10,15-17H,5-8H2,1-4H3. The number of ether oxygens (including phenoxy) is 1. The second-order valence-electron chi connectivity index (χ2n) is 5.85. The van der Waals surface area contributed by atoms with Crippen molar-refractivity contribution < 1.29 is 13.2 Å². The van der Waals surface area contributed by atoms with Crippen LogP contribution in [0.3, 0.4) is 0 Å². The molecule has 1 saturated heterocycles. The highest BCUT2D eigenvalue weighted by atomic mass is 32.2. The smallest absolute Gasteiger partial charge is 0.155 e. The van der Waals surface area contributed by atoms with Gasteiger partial charge in [-0.25, -0.2) is 8.42 Å². The summed E-state index contributed by atoms with van der Waals surface area (Å²) in [5.74, 6) is 1.15. The predicted octanol–water partition coefficient (Wildman–Crippen LogP) is 2.54. The Morgan fingerprint density at radius 3 is 2.52 bits per heavy atom. The van der Waals surface area contributed by atoms with Crippen molar-refractivity contribution in [2.45, 2.75) is 44.4 Å². The number of hydrogen-bond donors (Lipinski definition) is 1. The normalized spacial score (nSPS) is 22.8. The molecule has 5 heteroatoms. The van der Waals surface area contributed by atoms with Gasteiger partial charge in [0.25, 0.3) is 0 Å². The Kier molecular flexibility index (Phi) is 4.94. The molecule has 1 heterocycles. The maximum Gasteiger partial charge on any atom is 0.155 e. The molecule has 2 unspecified atom stereocenters. The highest BCUT2D eigenvalue weighted by molar-refractivity contribution is 7.92. The molecule has 1 aromatic carbocycles. The lowest BCUT2D eigenvalue weighted by Gasteiger charge is -2.31. The highest BCUT2D eigenvalue weighted by Crippen LogP contribution is 2.34. The van der Waals surface area contributed by atoms with Crippen LogP contribution < -0.4 is 10.1 Å². The van der Waals surface area contributed by atoms with Crippen LogP contribution in [0.2, 0.25) is 0 Å². The van der Waals surface area contributed by atoms with E-state index in [0.29, 0.717) is 5.75 Å². The molecular formula is C16H25NO3S. The average molecular weight is 311 g/mol. The Bertz CT molecular complexity index is 610. The van der Waals surface area contributed by atoms with E-state index < -0.39 is 9.84 Å². The molecule has 21 heavy (non-hydrogen) atoms. The van der Waals surface area contributed by atoms with Crippen molar-refractivity contribution in [1.82, 2.24) is 5.32 Å². The summed E-state index contributed by atoms with van der Waals surface area (Å²) in [5.41, 5.74) is 3.16. The van der Waals surface area contributed by atoms with Crippen LogP contribution in [0, 0.1) is 13.8 Å². The Balaban J connectivity index is 2.44. The summed E-state index contributed by atoms with van der Waals surface area (Å²) < 4.78 is 30.2. The van der Waals surface area contributed by atoms with Gasteiger partial charge in [0.05, 0.1) is 18.1 Å². The van der Waals surface area contributed by atoms with Gasteiger partial charge >= 0.3 is 0 Å². The Labute approximate surface area is 127 Å². The molecule has 118 valence electrons. The van der Waals surface area contributed by atoms with Gasteiger partial charge in [0.1, 0.15) is 5.75 Å². The summed E-state index contributed by atoms with van der Waals surface area (Å²) in [4.78, 5) is 0. The van der Waals surface area contributed by atoms with E-state index >= 15 is 0 Å². The van der Waals surface area contributed by atoms with Gasteiger partial charge in [-0.15, -0.1) is 0 Å². The molecule has 0 aliphatic carbocycles. The summed E-state index contributed by atoms with van der Waals surface area (Å²) in [6, 6.07) is 3.89. The molecule has 1 aliphatic rings. The third-order valence-electron chi connectivity index (χ3n) is 4.43. The lowest BCUT2D eigenvalue weighted by molar-refractivity contribution is 0.410. The Morgan fingerprint density at radius 1 is 1.24 bits per heavy atom. The number of rotatable bonds is 4. The number of benzene rings is 1. The summed E-state index contributed by atoms with van der Waals surface area (Å²) in [6.07, 6.45) is 2.50. The van der Waals surface area contributed by atoms with Crippen LogP contribution in [0.1, 0.15) is 42.0 Å². The molecule has 2 rings (SSSR count). The number of methoxy groups -OCH3 is 1. The average Bonchev–Trinajstić information content (AvgIpc) is 2.44. The summed E-state index contributed by atoms with van der Waals surface area (Å²) in [7, 11) is 0.474. The van der Waals surface area contributed by atoms with Crippen molar-refractivity contribution in [3.8, 4) is 5.75 Å². The zero-order chi connectivity index (χ0) is 15.6. The van der Waals surface area contributed by atoms with Crippen LogP contribution in [-0.2, 0) is 9.84 Å². The predicted molar refractivity (Wildman–Crippen MR) is 85.7 cm³/mol. The monoisotopic (exact) mass is 311 g/mol. The molecule has 4 nitrogen and oxygen atoms in total. The van der Waals surface area contributed by atoms with Gasteiger partial charge < -0.3 is 10.1 Å². The van der Waals surface area contributed by atoms with E-state index in [0.717, 1.165) is 41.7 Å². The third kappa shape index (κ3) is 3.24. The first-order chi connectivity index (χ1) is 9.90. The van der Waals surface area contributed by atoms with Gasteiger partial charge in [0.15, 0.2) is 9.84 Å². The summed E-state index contributed by atoms with van der Waals surface area (Å²) in [6.45, 7) is 4.00. The van der Waals surface area contributed by atoms with Crippen molar-refractivity contribution in [2.24, 2.45) is 0 Å². The third-order valence-corrected chi connectivity index (χ3v) is 6.72. The van der Waals surface area contributed by atoms with E-state index in [1.54, 1.807) is 7.11 Å². The zero-order valence-electron chi connectivity index (χ0n) is 13.3. The fraction of sp³-hybridized carbons (Fsp3) is 0.625. The Hall–Kier alpha value is -1.07.